The van der Waals surface area contributed by atoms with Crippen LogP contribution in [0.3, 0.4) is 0 Å². The van der Waals surface area contributed by atoms with Gasteiger partial charge in [0.25, 0.3) is 0 Å². The van der Waals surface area contributed by atoms with Gasteiger partial charge in [-0.25, -0.2) is 5.43 Å². The molecular formula is C27H40N4O2. The third-order valence-corrected chi connectivity index (χ3v) is 8.85. The molecule has 180 valence electrons. The van der Waals surface area contributed by atoms with Crippen LogP contribution in [0.15, 0.2) is 24.3 Å². The van der Waals surface area contributed by atoms with E-state index in [0.717, 1.165) is 58.0 Å². The summed E-state index contributed by atoms with van der Waals surface area (Å²) >= 11 is 0. The van der Waals surface area contributed by atoms with Gasteiger partial charge in [-0.1, -0.05) is 24.3 Å². The Labute approximate surface area is 198 Å². The minimum absolute atomic E-state index is 0.0749. The lowest BCUT2D eigenvalue weighted by Crippen LogP contribution is -2.51. The summed E-state index contributed by atoms with van der Waals surface area (Å²) in [6.45, 7) is 4.84. The summed E-state index contributed by atoms with van der Waals surface area (Å²) in [6, 6.07) is 10.0. The predicted molar refractivity (Wildman–Crippen MR) is 129 cm³/mol. The van der Waals surface area contributed by atoms with Gasteiger partial charge in [-0.05, 0) is 93.8 Å². The second kappa shape index (κ2) is 9.65. The van der Waals surface area contributed by atoms with Crippen LogP contribution in [0.25, 0.3) is 0 Å². The van der Waals surface area contributed by atoms with Crippen LogP contribution < -0.4 is 10.9 Å². The molecule has 3 heterocycles. The first-order valence-corrected chi connectivity index (χ1v) is 13.4. The molecule has 4 fully saturated rings. The molecule has 0 spiro atoms. The Hall–Kier alpha value is -1.47. The minimum Gasteiger partial charge on any atom is -0.376 e. The maximum Gasteiger partial charge on any atom is 0.241 e. The van der Waals surface area contributed by atoms with Crippen molar-refractivity contribution in [2.24, 2.45) is 11.8 Å². The van der Waals surface area contributed by atoms with Gasteiger partial charge in [-0.3, -0.25) is 15.1 Å². The fourth-order valence-corrected chi connectivity index (χ4v) is 6.67. The first kappa shape index (κ1) is 22.0. The normalized spacial score (nSPS) is 31.2. The van der Waals surface area contributed by atoms with Crippen LogP contribution in [-0.4, -0.2) is 72.7 Å². The van der Waals surface area contributed by atoms with E-state index in [9.17, 15) is 4.79 Å². The lowest BCUT2D eigenvalue weighted by molar-refractivity contribution is -0.135. The summed E-state index contributed by atoms with van der Waals surface area (Å²) in [5.74, 6) is 1.66. The first-order valence-electron chi connectivity index (χ1n) is 13.4. The van der Waals surface area contributed by atoms with Crippen LogP contribution >= 0.6 is 0 Å². The summed E-state index contributed by atoms with van der Waals surface area (Å²) in [6.07, 6.45) is 10.8. The minimum atomic E-state index is -0.0749. The SMILES string of the molecule is O=C(C1CC(C2CC2)NN1)N(CC1CCN(C2Cc3ccccc3C2)CC1)CC1CCCO1. The average Bonchev–Trinajstić information content (AvgIpc) is 3.22. The van der Waals surface area contributed by atoms with E-state index in [-0.39, 0.29) is 18.1 Å². The first-order chi connectivity index (χ1) is 16.2. The van der Waals surface area contributed by atoms with Crippen molar-refractivity contribution in [3.63, 3.8) is 0 Å². The van der Waals surface area contributed by atoms with Gasteiger partial charge in [0, 0.05) is 31.8 Å². The molecular weight excluding hydrogens is 412 g/mol. The van der Waals surface area contributed by atoms with Gasteiger partial charge in [-0.2, -0.15) is 0 Å². The number of likely N-dealkylation sites (tertiary alicyclic amines) is 1. The van der Waals surface area contributed by atoms with Gasteiger partial charge in [0.2, 0.25) is 5.91 Å². The van der Waals surface area contributed by atoms with Crippen molar-refractivity contribution in [3.05, 3.63) is 35.4 Å². The highest BCUT2D eigenvalue weighted by Crippen LogP contribution is 2.36. The van der Waals surface area contributed by atoms with Gasteiger partial charge in [-0.15, -0.1) is 0 Å². The molecule has 1 aromatic carbocycles. The molecule has 0 bridgehead atoms. The number of carbonyl (C=O) groups excluding carboxylic acids is 1. The molecule has 1 amide bonds. The zero-order valence-corrected chi connectivity index (χ0v) is 19.9. The Morgan fingerprint density at radius 2 is 1.76 bits per heavy atom. The number of fused-ring (bicyclic) bond motifs is 1. The molecule has 5 aliphatic rings. The molecule has 0 aromatic heterocycles. The van der Waals surface area contributed by atoms with E-state index >= 15 is 0 Å². The molecule has 3 saturated heterocycles. The molecule has 0 radical (unpaired) electrons. The van der Waals surface area contributed by atoms with Gasteiger partial charge >= 0.3 is 0 Å². The van der Waals surface area contributed by atoms with Crippen molar-refractivity contribution in [1.82, 2.24) is 20.7 Å². The summed E-state index contributed by atoms with van der Waals surface area (Å²) in [7, 11) is 0. The van der Waals surface area contributed by atoms with E-state index in [1.165, 1.54) is 38.5 Å². The maximum atomic E-state index is 13.6. The van der Waals surface area contributed by atoms with Crippen LogP contribution in [0.1, 0.15) is 56.1 Å². The standard InChI is InChI=1S/C27H40N4O2/c32-27(26-16-25(28-29-26)20-7-8-20)31(18-24-6-3-13-33-24)17-19-9-11-30(12-10-19)23-14-21-4-1-2-5-22(21)15-23/h1-2,4-5,19-20,23-26,28-29H,3,6-18H2. The third-order valence-electron chi connectivity index (χ3n) is 8.85. The Balaban J connectivity index is 1.04. The Morgan fingerprint density at radius 1 is 1.00 bits per heavy atom. The summed E-state index contributed by atoms with van der Waals surface area (Å²) in [5, 5.41) is 0. The number of hydrogen-bond donors (Lipinski definition) is 2. The average molecular weight is 453 g/mol. The molecule has 6 nitrogen and oxygen atoms in total. The molecule has 2 aliphatic carbocycles. The van der Waals surface area contributed by atoms with Gasteiger partial charge in [0.15, 0.2) is 0 Å². The monoisotopic (exact) mass is 452 g/mol. The summed E-state index contributed by atoms with van der Waals surface area (Å²) in [5.41, 5.74) is 9.83. The molecule has 1 saturated carbocycles. The predicted octanol–water partition coefficient (Wildman–Crippen LogP) is 2.52. The Morgan fingerprint density at radius 3 is 2.42 bits per heavy atom. The van der Waals surface area contributed by atoms with Crippen LogP contribution in [0.4, 0.5) is 0 Å². The van der Waals surface area contributed by atoms with Crippen molar-refractivity contribution in [2.75, 3.05) is 32.8 Å². The second-order valence-corrected chi connectivity index (χ2v) is 11.2. The van der Waals surface area contributed by atoms with Crippen LogP contribution in [0.5, 0.6) is 0 Å². The van der Waals surface area contributed by atoms with E-state index < -0.39 is 0 Å². The number of hydrazine groups is 1. The number of ether oxygens (including phenoxy) is 1. The van der Waals surface area contributed by atoms with Crippen molar-refractivity contribution in [3.8, 4) is 0 Å². The highest BCUT2D eigenvalue weighted by atomic mass is 16.5. The lowest BCUT2D eigenvalue weighted by atomic mass is 9.94. The summed E-state index contributed by atoms with van der Waals surface area (Å²) in [4.78, 5) is 18.4. The Kier molecular flexibility index (Phi) is 6.44. The second-order valence-electron chi connectivity index (χ2n) is 11.2. The van der Waals surface area contributed by atoms with E-state index in [1.807, 2.05) is 0 Å². The number of amides is 1. The van der Waals surface area contributed by atoms with Crippen molar-refractivity contribution < 1.29 is 9.53 Å². The van der Waals surface area contributed by atoms with Gasteiger partial charge < -0.3 is 9.64 Å². The largest absolute Gasteiger partial charge is 0.376 e. The Bertz CT molecular complexity index is 804. The van der Waals surface area contributed by atoms with Gasteiger partial charge in [0.05, 0.1) is 6.10 Å². The highest BCUT2D eigenvalue weighted by Gasteiger charge is 2.41. The fraction of sp³-hybridized carbons (Fsp3) is 0.741. The third kappa shape index (κ3) is 5.00. The molecule has 6 heteroatoms. The van der Waals surface area contributed by atoms with Crippen molar-refractivity contribution in [2.45, 2.75) is 82.0 Å². The molecule has 3 atom stereocenters. The maximum absolute atomic E-state index is 13.6. The van der Waals surface area contributed by atoms with Crippen LogP contribution in [0, 0.1) is 11.8 Å². The molecule has 1 aromatic rings. The highest BCUT2D eigenvalue weighted by molar-refractivity contribution is 5.82. The number of benzene rings is 1. The topological polar surface area (TPSA) is 56.8 Å². The number of rotatable bonds is 7. The van der Waals surface area contributed by atoms with Crippen molar-refractivity contribution >= 4 is 5.91 Å². The number of nitrogens with one attached hydrogen (secondary N) is 2. The lowest BCUT2D eigenvalue weighted by Gasteiger charge is -2.38. The fourth-order valence-electron chi connectivity index (χ4n) is 6.67. The number of hydrogen-bond acceptors (Lipinski definition) is 5. The van der Waals surface area contributed by atoms with Crippen molar-refractivity contribution in [1.29, 1.82) is 0 Å². The molecule has 6 rings (SSSR count). The van der Waals surface area contributed by atoms with E-state index in [2.05, 4.69) is 44.9 Å². The molecule has 3 aliphatic heterocycles. The number of nitrogens with zero attached hydrogens (tertiary/aromatic N) is 2. The zero-order chi connectivity index (χ0) is 22.2. The quantitative estimate of drug-likeness (QED) is 0.666. The molecule has 2 N–H and O–H groups in total. The van der Waals surface area contributed by atoms with E-state index in [1.54, 1.807) is 11.1 Å². The number of carbonyl (C=O) groups is 1. The van der Waals surface area contributed by atoms with E-state index in [0.29, 0.717) is 18.0 Å². The van der Waals surface area contributed by atoms with Gasteiger partial charge in [0.1, 0.15) is 6.04 Å². The molecule has 3 unspecified atom stereocenters. The zero-order valence-electron chi connectivity index (χ0n) is 19.9. The smallest absolute Gasteiger partial charge is 0.241 e. The summed E-state index contributed by atoms with van der Waals surface area (Å²) < 4.78 is 5.93. The van der Waals surface area contributed by atoms with E-state index in [4.69, 9.17) is 4.74 Å². The number of piperidine rings is 1. The molecule has 33 heavy (non-hydrogen) atoms. The van der Waals surface area contributed by atoms with Crippen LogP contribution in [-0.2, 0) is 22.4 Å². The van der Waals surface area contributed by atoms with Crippen LogP contribution in [0.2, 0.25) is 0 Å².